The van der Waals surface area contributed by atoms with E-state index in [9.17, 15) is 27.9 Å². The number of carboxylic acids is 1. The second kappa shape index (κ2) is 9.52. The van der Waals surface area contributed by atoms with Gasteiger partial charge in [-0.15, -0.1) is 0 Å². The lowest BCUT2D eigenvalue weighted by Gasteiger charge is -2.24. The molecule has 2 N–H and O–H groups in total. The Morgan fingerprint density at radius 2 is 2.00 bits per heavy atom. The van der Waals surface area contributed by atoms with Gasteiger partial charge in [-0.3, -0.25) is 9.59 Å². The third-order valence-electron chi connectivity index (χ3n) is 6.13. The fraction of sp³-hybridized carbons (Fsp3) is 0.458. The maximum atomic E-state index is 13.0. The molecule has 0 spiro atoms. The van der Waals surface area contributed by atoms with Crippen LogP contribution in [-0.4, -0.2) is 52.2 Å². The van der Waals surface area contributed by atoms with Crippen molar-refractivity contribution in [3.8, 4) is 5.75 Å². The molecule has 2 atom stereocenters. The van der Waals surface area contributed by atoms with Crippen molar-refractivity contribution >= 4 is 17.7 Å². The van der Waals surface area contributed by atoms with Crippen molar-refractivity contribution in [1.82, 2.24) is 9.88 Å². The number of carbonyl (C=O) groups excluding carboxylic acids is 1. The highest BCUT2D eigenvalue weighted by molar-refractivity contribution is 5.97. The Kier molecular flexibility index (Phi) is 6.67. The van der Waals surface area contributed by atoms with Crippen LogP contribution in [-0.2, 0) is 35.4 Å². The minimum absolute atomic E-state index is 0.164. The van der Waals surface area contributed by atoms with Gasteiger partial charge in [-0.1, -0.05) is 12.1 Å². The third kappa shape index (κ3) is 5.60. The number of nitrogens with one attached hydrogen (secondary N) is 1. The number of aryl methyl sites for hydroxylation is 1. The molecule has 4 rings (SSSR count). The van der Waals surface area contributed by atoms with Crippen molar-refractivity contribution in [2.24, 2.45) is 5.92 Å². The number of fused-ring (bicyclic) bond motifs is 2. The maximum Gasteiger partial charge on any atom is 0.406 e. The van der Waals surface area contributed by atoms with Crippen LogP contribution >= 0.6 is 0 Å². The van der Waals surface area contributed by atoms with Crippen molar-refractivity contribution in [2.45, 2.75) is 51.4 Å². The standard InChI is InChI=1S/C24H26F3N3O4/c1-14-2-3-15-4-6-18(29-21(15)28-14)8-9-34-19-7-5-16-11-20(23(32)33)22(31)30(12-17(16)10-19)13-24(25,26)27/h4-7,10,14,20H,2-3,8-9,11-13H2,1H3,(H,28,29)(H,32,33)/t14?,20-/m1/s1. The smallest absolute Gasteiger partial charge is 0.406 e. The zero-order valence-corrected chi connectivity index (χ0v) is 18.7. The van der Waals surface area contributed by atoms with Gasteiger partial charge in [0.25, 0.3) is 0 Å². The van der Waals surface area contributed by atoms with E-state index in [-0.39, 0.29) is 13.0 Å². The summed E-state index contributed by atoms with van der Waals surface area (Å²) in [6.45, 7) is 0.589. The number of halogens is 3. The van der Waals surface area contributed by atoms with Gasteiger partial charge in [-0.25, -0.2) is 4.98 Å². The Bertz CT molecular complexity index is 1090. The molecule has 0 radical (unpaired) electrons. The molecule has 34 heavy (non-hydrogen) atoms. The summed E-state index contributed by atoms with van der Waals surface area (Å²) in [5.74, 6) is -2.70. The minimum Gasteiger partial charge on any atom is -0.493 e. The first-order valence-electron chi connectivity index (χ1n) is 11.2. The summed E-state index contributed by atoms with van der Waals surface area (Å²) in [7, 11) is 0. The molecule has 0 bridgehead atoms. The average Bonchev–Trinajstić information content (AvgIpc) is 2.89. The first-order chi connectivity index (χ1) is 16.1. The highest BCUT2D eigenvalue weighted by Crippen LogP contribution is 2.29. The van der Waals surface area contributed by atoms with Crippen LogP contribution in [0, 0.1) is 5.92 Å². The summed E-state index contributed by atoms with van der Waals surface area (Å²) in [5.41, 5.74) is 3.02. The Labute approximate surface area is 194 Å². The topological polar surface area (TPSA) is 91.8 Å². The first kappa shape index (κ1) is 23.8. The summed E-state index contributed by atoms with van der Waals surface area (Å²) in [5, 5.41) is 12.8. The van der Waals surface area contributed by atoms with Gasteiger partial charge in [0.2, 0.25) is 5.91 Å². The third-order valence-corrected chi connectivity index (χ3v) is 6.13. The van der Waals surface area contributed by atoms with E-state index in [1.807, 2.05) is 6.07 Å². The number of amides is 1. The van der Waals surface area contributed by atoms with Crippen LogP contribution in [0.15, 0.2) is 30.3 Å². The van der Waals surface area contributed by atoms with Crippen molar-refractivity contribution in [2.75, 3.05) is 18.5 Å². The number of ether oxygens (including phenoxy) is 1. The SMILES string of the molecule is CC1CCc2ccc(CCOc3ccc4c(c3)CN(CC(F)(F)F)C(=O)[C@H](C(=O)O)C4)nc2N1. The van der Waals surface area contributed by atoms with E-state index in [4.69, 9.17) is 4.74 Å². The van der Waals surface area contributed by atoms with Crippen LogP contribution in [0.3, 0.4) is 0 Å². The number of anilines is 1. The van der Waals surface area contributed by atoms with Crippen LogP contribution < -0.4 is 10.1 Å². The highest BCUT2D eigenvalue weighted by atomic mass is 19.4. The first-order valence-corrected chi connectivity index (χ1v) is 11.2. The van der Waals surface area contributed by atoms with Gasteiger partial charge < -0.3 is 20.1 Å². The van der Waals surface area contributed by atoms with E-state index in [2.05, 4.69) is 23.3 Å². The lowest BCUT2D eigenvalue weighted by atomic mass is 9.97. The number of benzene rings is 1. The van der Waals surface area contributed by atoms with Crippen LogP contribution in [0.5, 0.6) is 5.75 Å². The molecular formula is C24H26F3N3O4. The molecule has 0 saturated carbocycles. The molecule has 1 aromatic heterocycles. The number of carbonyl (C=O) groups is 2. The number of alkyl halides is 3. The highest BCUT2D eigenvalue weighted by Gasteiger charge is 2.40. The number of hydrogen-bond donors (Lipinski definition) is 2. The molecule has 10 heteroatoms. The number of rotatable bonds is 6. The van der Waals surface area contributed by atoms with Crippen LogP contribution in [0.25, 0.3) is 0 Å². The van der Waals surface area contributed by atoms with Crippen molar-refractivity contribution in [3.05, 3.63) is 52.7 Å². The molecule has 182 valence electrons. The summed E-state index contributed by atoms with van der Waals surface area (Å²) in [6.07, 6.45) is -2.21. The van der Waals surface area contributed by atoms with Gasteiger partial charge in [0, 0.05) is 24.7 Å². The number of aliphatic carboxylic acids is 1. The van der Waals surface area contributed by atoms with Crippen LogP contribution in [0.1, 0.15) is 35.7 Å². The molecule has 1 amide bonds. The minimum atomic E-state index is -4.63. The predicted octanol–water partition coefficient (Wildman–Crippen LogP) is 3.60. The fourth-order valence-electron chi connectivity index (χ4n) is 4.34. The zero-order chi connectivity index (χ0) is 24.5. The molecule has 2 aliphatic heterocycles. The van der Waals surface area contributed by atoms with E-state index < -0.39 is 30.5 Å². The molecule has 2 aliphatic rings. The van der Waals surface area contributed by atoms with E-state index in [0.29, 0.717) is 40.8 Å². The Balaban J connectivity index is 1.45. The molecule has 0 saturated heterocycles. The van der Waals surface area contributed by atoms with E-state index >= 15 is 0 Å². The maximum absolute atomic E-state index is 13.0. The van der Waals surface area contributed by atoms with Gasteiger partial charge in [-0.05, 0) is 61.1 Å². The van der Waals surface area contributed by atoms with Crippen molar-refractivity contribution in [1.29, 1.82) is 0 Å². The number of aromatic nitrogens is 1. The van der Waals surface area contributed by atoms with E-state index in [1.54, 1.807) is 18.2 Å². The van der Waals surface area contributed by atoms with Crippen molar-refractivity contribution < 1.29 is 32.6 Å². The molecule has 0 fully saturated rings. The Morgan fingerprint density at radius 1 is 1.24 bits per heavy atom. The van der Waals surface area contributed by atoms with Gasteiger partial charge in [0.05, 0.1) is 6.61 Å². The predicted molar refractivity (Wildman–Crippen MR) is 118 cm³/mol. The van der Waals surface area contributed by atoms with Gasteiger partial charge >= 0.3 is 12.1 Å². The number of pyridine rings is 1. The molecular weight excluding hydrogens is 451 g/mol. The summed E-state index contributed by atoms with van der Waals surface area (Å²) >= 11 is 0. The summed E-state index contributed by atoms with van der Waals surface area (Å²) < 4.78 is 44.8. The fourth-order valence-corrected chi connectivity index (χ4v) is 4.34. The second-order valence-electron chi connectivity index (χ2n) is 8.83. The Hall–Kier alpha value is -3.30. The molecule has 1 unspecified atom stereocenters. The molecule has 3 heterocycles. The normalized spacial score (nSPS) is 20.1. The number of hydrogen-bond acceptors (Lipinski definition) is 5. The molecule has 1 aromatic carbocycles. The molecule has 0 aliphatic carbocycles. The second-order valence-corrected chi connectivity index (χ2v) is 8.83. The van der Waals surface area contributed by atoms with E-state index in [1.165, 1.54) is 5.56 Å². The van der Waals surface area contributed by atoms with E-state index in [0.717, 1.165) is 24.4 Å². The molecule has 7 nitrogen and oxygen atoms in total. The van der Waals surface area contributed by atoms with Crippen molar-refractivity contribution in [3.63, 3.8) is 0 Å². The van der Waals surface area contributed by atoms with Gasteiger partial charge in [-0.2, -0.15) is 13.2 Å². The monoisotopic (exact) mass is 477 g/mol. The lowest BCUT2D eigenvalue weighted by Crippen LogP contribution is -2.43. The van der Waals surface area contributed by atoms with Gasteiger partial charge in [0.1, 0.15) is 24.0 Å². The number of nitrogens with zero attached hydrogens (tertiary/aromatic N) is 2. The van der Waals surface area contributed by atoms with Crippen LogP contribution in [0.4, 0.5) is 19.0 Å². The number of carboxylic acid groups (broad SMARTS) is 1. The average molecular weight is 477 g/mol. The largest absolute Gasteiger partial charge is 0.493 e. The zero-order valence-electron chi connectivity index (χ0n) is 18.7. The summed E-state index contributed by atoms with van der Waals surface area (Å²) in [4.78, 5) is 29.2. The lowest BCUT2D eigenvalue weighted by molar-refractivity contribution is -0.168. The summed E-state index contributed by atoms with van der Waals surface area (Å²) in [6, 6.07) is 9.24. The quantitative estimate of drug-likeness (QED) is 0.618. The van der Waals surface area contributed by atoms with Crippen LogP contribution in [0.2, 0.25) is 0 Å². The molecule has 2 aromatic rings. The van der Waals surface area contributed by atoms with Gasteiger partial charge in [0.15, 0.2) is 0 Å². The Morgan fingerprint density at radius 3 is 2.74 bits per heavy atom.